The second kappa shape index (κ2) is 10.4. The molecule has 1 aromatic carbocycles. The number of halogens is 1. The third-order valence-electron chi connectivity index (χ3n) is 7.14. The lowest BCUT2D eigenvalue weighted by Crippen LogP contribution is -2.57. The highest BCUT2D eigenvalue weighted by Gasteiger charge is 2.41. The number of benzene rings is 1. The number of nitrogens with one attached hydrogen (secondary N) is 3. The van der Waals surface area contributed by atoms with Gasteiger partial charge in [-0.2, -0.15) is 5.26 Å². The standard InChI is InChI=1S/C26H32ClN5O4/c1-26(2)7-6-21(24(34)30-17(13-28)9-15-5-4-8-29-23(15)33)32(14-26)25(35)20-12-18-19(31-20)10-16(27)11-22(18)36-3/h10-12,15,17,21,31H,4-9,14H2,1-3H3,(H,29,33)(H,30,34). The summed E-state index contributed by atoms with van der Waals surface area (Å²) in [6.07, 6.45) is 3.02. The number of rotatable bonds is 6. The van der Waals surface area contributed by atoms with Crippen LogP contribution in [0.2, 0.25) is 5.02 Å². The molecule has 0 radical (unpaired) electrons. The molecule has 0 aliphatic carbocycles. The van der Waals surface area contributed by atoms with E-state index < -0.39 is 12.1 Å². The van der Waals surface area contributed by atoms with Crippen molar-refractivity contribution in [1.29, 1.82) is 5.26 Å². The number of amides is 3. The Balaban J connectivity index is 1.55. The molecule has 2 aromatic rings. The number of H-pyrrole nitrogens is 1. The van der Waals surface area contributed by atoms with E-state index in [1.807, 2.05) is 0 Å². The van der Waals surface area contributed by atoms with Gasteiger partial charge in [-0.05, 0) is 55.7 Å². The Morgan fingerprint density at radius 3 is 2.81 bits per heavy atom. The van der Waals surface area contributed by atoms with E-state index in [9.17, 15) is 19.6 Å². The maximum atomic E-state index is 13.7. The molecule has 0 bridgehead atoms. The smallest absolute Gasteiger partial charge is 0.271 e. The summed E-state index contributed by atoms with van der Waals surface area (Å²) < 4.78 is 5.41. The lowest BCUT2D eigenvalue weighted by atomic mass is 9.80. The number of hydrogen-bond donors (Lipinski definition) is 3. The van der Waals surface area contributed by atoms with E-state index in [4.69, 9.17) is 16.3 Å². The van der Waals surface area contributed by atoms with Crippen LogP contribution in [0.5, 0.6) is 5.75 Å². The SMILES string of the molecule is COc1cc(Cl)cc2[nH]c(C(=O)N3CC(C)(C)CCC3C(=O)NC(C#N)CC3CCCNC3=O)cc12. The number of methoxy groups -OCH3 is 1. The summed E-state index contributed by atoms with van der Waals surface area (Å²) in [5.41, 5.74) is 0.820. The topological polar surface area (TPSA) is 127 Å². The van der Waals surface area contributed by atoms with Crippen LogP contribution in [0.3, 0.4) is 0 Å². The van der Waals surface area contributed by atoms with Crippen molar-refractivity contribution in [3.05, 3.63) is 28.9 Å². The van der Waals surface area contributed by atoms with E-state index in [0.717, 1.165) is 18.2 Å². The van der Waals surface area contributed by atoms with E-state index in [1.54, 1.807) is 23.1 Å². The van der Waals surface area contributed by atoms with Crippen LogP contribution in [0.1, 0.15) is 56.4 Å². The van der Waals surface area contributed by atoms with Crippen LogP contribution >= 0.6 is 11.6 Å². The molecular weight excluding hydrogens is 482 g/mol. The van der Waals surface area contributed by atoms with Crippen molar-refractivity contribution >= 4 is 40.2 Å². The number of carbonyl (C=O) groups excluding carboxylic acids is 3. The highest BCUT2D eigenvalue weighted by Crippen LogP contribution is 2.35. The molecule has 4 rings (SSSR count). The maximum Gasteiger partial charge on any atom is 0.271 e. The lowest BCUT2D eigenvalue weighted by molar-refractivity contribution is -0.130. The molecule has 3 N–H and O–H groups in total. The number of piperidine rings is 2. The Labute approximate surface area is 215 Å². The van der Waals surface area contributed by atoms with Crippen molar-refractivity contribution in [3.8, 4) is 11.8 Å². The van der Waals surface area contributed by atoms with Gasteiger partial charge < -0.3 is 25.3 Å². The van der Waals surface area contributed by atoms with Crippen LogP contribution in [-0.4, -0.2) is 59.9 Å². The summed E-state index contributed by atoms with van der Waals surface area (Å²) in [7, 11) is 1.54. The van der Waals surface area contributed by atoms with Crippen LogP contribution in [0.25, 0.3) is 10.9 Å². The van der Waals surface area contributed by atoms with Crippen LogP contribution in [0, 0.1) is 22.7 Å². The highest BCUT2D eigenvalue weighted by atomic mass is 35.5. The first-order chi connectivity index (χ1) is 17.1. The average Bonchev–Trinajstić information content (AvgIpc) is 3.27. The second-order valence-electron chi connectivity index (χ2n) is 10.5. The van der Waals surface area contributed by atoms with E-state index in [-0.39, 0.29) is 35.5 Å². The number of aromatic nitrogens is 1. The molecule has 2 aliphatic rings. The van der Waals surface area contributed by atoms with Crippen molar-refractivity contribution in [2.24, 2.45) is 11.3 Å². The van der Waals surface area contributed by atoms with Crippen LogP contribution in [0.4, 0.5) is 0 Å². The van der Waals surface area contributed by atoms with Gasteiger partial charge in [-0.15, -0.1) is 0 Å². The zero-order chi connectivity index (χ0) is 26.0. The molecule has 1 aromatic heterocycles. The van der Waals surface area contributed by atoms with E-state index >= 15 is 0 Å². The highest BCUT2D eigenvalue weighted by molar-refractivity contribution is 6.31. The molecule has 36 heavy (non-hydrogen) atoms. The normalized spacial score (nSPS) is 22.4. The van der Waals surface area contributed by atoms with Gasteiger partial charge in [0.25, 0.3) is 5.91 Å². The van der Waals surface area contributed by atoms with E-state index in [2.05, 4.69) is 35.5 Å². The Morgan fingerprint density at radius 2 is 2.11 bits per heavy atom. The summed E-state index contributed by atoms with van der Waals surface area (Å²) in [5, 5.41) is 16.5. The van der Waals surface area contributed by atoms with Gasteiger partial charge in [0.1, 0.15) is 23.5 Å². The molecule has 3 amide bonds. The molecule has 192 valence electrons. The summed E-state index contributed by atoms with van der Waals surface area (Å²) in [6, 6.07) is 5.70. The minimum absolute atomic E-state index is 0.0821. The van der Waals surface area contributed by atoms with Gasteiger partial charge in [0.15, 0.2) is 0 Å². The fraction of sp³-hybridized carbons (Fsp3) is 0.538. The van der Waals surface area contributed by atoms with Crippen LogP contribution in [0.15, 0.2) is 18.2 Å². The molecule has 0 spiro atoms. The number of aromatic amines is 1. The molecule has 9 nitrogen and oxygen atoms in total. The van der Waals surface area contributed by atoms with Crippen molar-refractivity contribution in [1.82, 2.24) is 20.5 Å². The third kappa shape index (κ3) is 5.44. The Hall–Kier alpha value is -3.25. The molecular formula is C26H32ClN5O4. The van der Waals surface area contributed by atoms with Gasteiger partial charge in [0, 0.05) is 29.4 Å². The predicted octanol–water partition coefficient (Wildman–Crippen LogP) is 3.39. The van der Waals surface area contributed by atoms with Crippen molar-refractivity contribution in [2.45, 2.75) is 58.0 Å². The largest absolute Gasteiger partial charge is 0.496 e. The van der Waals surface area contributed by atoms with E-state index in [1.165, 1.54) is 7.11 Å². The first kappa shape index (κ1) is 25.8. The molecule has 10 heteroatoms. The summed E-state index contributed by atoms with van der Waals surface area (Å²) >= 11 is 6.18. The number of nitrogens with zero attached hydrogens (tertiary/aromatic N) is 2. The molecule has 3 unspecified atom stereocenters. The molecule has 3 heterocycles. The van der Waals surface area contributed by atoms with Gasteiger partial charge in [-0.25, -0.2) is 0 Å². The fourth-order valence-electron chi connectivity index (χ4n) is 5.19. The van der Waals surface area contributed by atoms with Crippen molar-refractivity contribution < 1.29 is 19.1 Å². The Kier molecular flexibility index (Phi) is 7.46. The monoisotopic (exact) mass is 513 g/mol. The first-order valence-corrected chi connectivity index (χ1v) is 12.6. The van der Waals surface area contributed by atoms with E-state index in [0.29, 0.717) is 47.9 Å². The van der Waals surface area contributed by atoms with Crippen LogP contribution < -0.4 is 15.4 Å². The third-order valence-corrected chi connectivity index (χ3v) is 7.36. The number of nitriles is 1. The number of hydrogen-bond acceptors (Lipinski definition) is 5. The van der Waals surface area contributed by atoms with Gasteiger partial charge in [0.05, 0.1) is 18.7 Å². The molecule has 2 aliphatic heterocycles. The minimum atomic E-state index is -0.808. The minimum Gasteiger partial charge on any atom is -0.496 e. The molecule has 2 saturated heterocycles. The van der Waals surface area contributed by atoms with Crippen molar-refractivity contribution in [2.75, 3.05) is 20.2 Å². The maximum absolute atomic E-state index is 13.7. The quantitative estimate of drug-likeness (QED) is 0.545. The Morgan fingerprint density at radius 1 is 1.33 bits per heavy atom. The number of likely N-dealkylation sites (tertiary alicyclic amines) is 1. The zero-order valence-corrected chi connectivity index (χ0v) is 21.6. The van der Waals surface area contributed by atoms with Crippen molar-refractivity contribution in [3.63, 3.8) is 0 Å². The van der Waals surface area contributed by atoms with Gasteiger partial charge >= 0.3 is 0 Å². The van der Waals surface area contributed by atoms with Gasteiger partial charge in [0.2, 0.25) is 11.8 Å². The first-order valence-electron chi connectivity index (χ1n) is 12.3. The molecule has 2 fully saturated rings. The summed E-state index contributed by atoms with van der Waals surface area (Å²) in [6.45, 7) is 5.16. The number of carbonyl (C=O) groups is 3. The summed E-state index contributed by atoms with van der Waals surface area (Å²) in [5.74, 6) is -0.526. The van der Waals surface area contributed by atoms with Gasteiger partial charge in [-0.3, -0.25) is 14.4 Å². The summed E-state index contributed by atoms with van der Waals surface area (Å²) in [4.78, 5) is 43.9. The predicted molar refractivity (Wildman–Crippen MR) is 136 cm³/mol. The zero-order valence-electron chi connectivity index (χ0n) is 20.8. The fourth-order valence-corrected chi connectivity index (χ4v) is 5.39. The average molecular weight is 514 g/mol. The molecule has 0 saturated carbocycles. The number of ether oxygens (including phenoxy) is 1. The van der Waals surface area contributed by atoms with Gasteiger partial charge in [-0.1, -0.05) is 25.4 Å². The lowest BCUT2D eigenvalue weighted by Gasteiger charge is -2.43. The Bertz CT molecular complexity index is 1220. The molecule has 3 atom stereocenters. The second-order valence-corrected chi connectivity index (χ2v) is 10.9. The number of fused-ring (bicyclic) bond motifs is 1. The van der Waals surface area contributed by atoms with Crippen LogP contribution in [-0.2, 0) is 9.59 Å².